The van der Waals surface area contributed by atoms with Gasteiger partial charge in [-0.1, -0.05) is 24.3 Å². The Morgan fingerprint density at radius 3 is 1.89 bits per heavy atom. The van der Waals surface area contributed by atoms with Gasteiger partial charge in [0.25, 0.3) is 0 Å². The zero-order valence-corrected chi connectivity index (χ0v) is 23.7. The van der Waals surface area contributed by atoms with E-state index in [0.29, 0.717) is 50.2 Å². The Labute approximate surface area is 230 Å². The topological polar surface area (TPSA) is 84.8 Å². The molecule has 0 saturated carbocycles. The number of ketones is 1. The van der Waals surface area contributed by atoms with Gasteiger partial charge in [-0.2, -0.15) is 0 Å². The fraction of sp³-hybridized carbons (Fsp3) is 0.241. The van der Waals surface area contributed by atoms with Crippen molar-refractivity contribution in [3.05, 3.63) is 63.6 Å². The van der Waals surface area contributed by atoms with Crippen LogP contribution in [0, 0.1) is 0 Å². The highest BCUT2D eigenvalue weighted by Gasteiger charge is 2.22. The molecule has 0 heterocycles. The third-order valence-electron chi connectivity index (χ3n) is 5.61. The van der Waals surface area contributed by atoms with Crippen LogP contribution in [0.1, 0.15) is 27.9 Å². The van der Waals surface area contributed by atoms with Crippen LogP contribution in [0.25, 0.3) is 12.2 Å². The first-order valence-corrected chi connectivity index (χ1v) is 12.3. The summed E-state index contributed by atoms with van der Waals surface area (Å²) in [7, 11) is 9.24. The first-order valence-electron chi connectivity index (χ1n) is 11.5. The van der Waals surface area contributed by atoms with Crippen molar-refractivity contribution in [2.45, 2.75) is 6.42 Å². The van der Waals surface area contributed by atoms with E-state index in [2.05, 4.69) is 20.9 Å². The van der Waals surface area contributed by atoms with Crippen LogP contribution in [0.15, 0.2) is 51.9 Å². The maximum absolute atomic E-state index is 13.0. The highest BCUT2D eigenvalue weighted by atomic mass is 79.9. The third-order valence-corrected chi connectivity index (χ3v) is 6.40. The van der Waals surface area contributed by atoms with Crippen LogP contribution < -0.4 is 28.4 Å². The van der Waals surface area contributed by atoms with E-state index in [1.54, 1.807) is 33.6 Å². The third kappa shape index (κ3) is 6.47. The van der Waals surface area contributed by atoms with E-state index in [1.165, 1.54) is 21.3 Å². The van der Waals surface area contributed by atoms with Crippen molar-refractivity contribution >= 4 is 45.8 Å². The molecule has 0 N–H and O–H groups in total. The highest BCUT2D eigenvalue weighted by molar-refractivity contribution is 9.10. The molecule has 38 heavy (non-hydrogen) atoms. The van der Waals surface area contributed by atoms with Gasteiger partial charge < -0.3 is 28.4 Å². The molecule has 0 radical (unpaired) electrons. The smallest absolute Gasteiger partial charge is 0.204 e. The number of Topliss-reactive ketones (excluding diaryl/α,β-unsaturated/α-hetero) is 1. The second kappa shape index (κ2) is 13.5. The number of rotatable bonds is 12. The lowest BCUT2D eigenvalue weighted by Gasteiger charge is -2.15. The summed E-state index contributed by atoms with van der Waals surface area (Å²) < 4.78 is 32.9. The van der Waals surface area contributed by atoms with Gasteiger partial charge in [0.2, 0.25) is 11.5 Å². The molecule has 0 aliphatic rings. The van der Waals surface area contributed by atoms with Crippen LogP contribution in [0.3, 0.4) is 0 Å². The second-order valence-electron chi connectivity index (χ2n) is 7.83. The zero-order chi connectivity index (χ0) is 27.7. The predicted octanol–water partition coefficient (Wildman–Crippen LogP) is 6.65. The molecule has 0 aliphatic carbocycles. The van der Waals surface area contributed by atoms with Gasteiger partial charge in [-0.3, -0.25) is 9.79 Å². The molecule has 200 valence electrons. The normalized spacial score (nSPS) is 11.0. The summed E-state index contributed by atoms with van der Waals surface area (Å²) in [5.74, 6) is 2.73. The highest BCUT2D eigenvalue weighted by Crippen LogP contribution is 2.45. The molecule has 0 bridgehead atoms. The van der Waals surface area contributed by atoms with Crippen LogP contribution in [0.2, 0.25) is 0 Å². The standard InChI is InChI=1S/C29H30BrNO7/c1-33-23-15-19(16-24(34-2)27(23)36-4)11-10-18-8-7-9-20(14-18)31-13-12-22(32)21-17-25(35-3)28(37-5)29(38-6)26(21)30/h7-11,13-17H,12H2,1-6H3/b11-10-,31-13?. The van der Waals surface area contributed by atoms with Gasteiger partial charge in [0.1, 0.15) is 0 Å². The number of carbonyl (C=O) groups is 1. The number of halogens is 1. The molecule has 3 aromatic rings. The Bertz CT molecular complexity index is 1330. The molecule has 3 aromatic carbocycles. The minimum Gasteiger partial charge on any atom is -0.493 e. The summed E-state index contributed by atoms with van der Waals surface area (Å²) in [6.07, 6.45) is 5.57. The summed E-state index contributed by atoms with van der Waals surface area (Å²) >= 11 is 3.45. The molecule has 3 rings (SSSR count). The van der Waals surface area contributed by atoms with Gasteiger partial charge in [0.15, 0.2) is 28.8 Å². The van der Waals surface area contributed by atoms with Crippen LogP contribution >= 0.6 is 15.9 Å². The Hall–Kier alpha value is -3.98. The quantitative estimate of drug-likeness (QED) is 0.134. The molecule has 0 atom stereocenters. The second-order valence-corrected chi connectivity index (χ2v) is 8.63. The molecular formula is C29H30BrNO7. The van der Waals surface area contributed by atoms with Gasteiger partial charge in [0, 0.05) is 18.2 Å². The van der Waals surface area contributed by atoms with Crippen molar-refractivity contribution in [2.75, 3.05) is 42.7 Å². The van der Waals surface area contributed by atoms with Gasteiger partial charge in [0.05, 0.1) is 52.8 Å². The minimum atomic E-state index is -0.154. The van der Waals surface area contributed by atoms with Crippen molar-refractivity contribution in [3.63, 3.8) is 0 Å². The van der Waals surface area contributed by atoms with Crippen molar-refractivity contribution in [3.8, 4) is 34.5 Å². The summed E-state index contributed by atoms with van der Waals surface area (Å²) in [6, 6.07) is 13.0. The van der Waals surface area contributed by atoms with E-state index in [0.717, 1.165) is 11.1 Å². The SMILES string of the molecule is COc1cc(/C=C\c2cccc(N=CCC(=O)c3cc(OC)c(OC)c(OC)c3Br)c2)cc(OC)c1OC. The summed E-state index contributed by atoms with van der Waals surface area (Å²) in [6.45, 7) is 0. The Morgan fingerprint density at radius 2 is 1.32 bits per heavy atom. The lowest BCUT2D eigenvalue weighted by atomic mass is 10.1. The molecule has 0 saturated heterocycles. The van der Waals surface area contributed by atoms with E-state index < -0.39 is 0 Å². The number of aliphatic imine (C=N–C) groups is 1. The zero-order valence-electron chi connectivity index (χ0n) is 22.2. The van der Waals surface area contributed by atoms with Crippen molar-refractivity contribution in [1.82, 2.24) is 0 Å². The maximum atomic E-state index is 13.0. The molecule has 0 amide bonds. The molecule has 0 fully saturated rings. The van der Waals surface area contributed by atoms with Gasteiger partial charge in [-0.15, -0.1) is 0 Å². The maximum Gasteiger partial charge on any atom is 0.204 e. The fourth-order valence-electron chi connectivity index (χ4n) is 3.77. The van der Waals surface area contributed by atoms with E-state index in [1.807, 2.05) is 48.6 Å². The van der Waals surface area contributed by atoms with E-state index in [-0.39, 0.29) is 12.2 Å². The molecular weight excluding hydrogens is 554 g/mol. The van der Waals surface area contributed by atoms with Crippen molar-refractivity contribution in [1.29, 1.82) is 0 Å². The number of ether oxygens (including phenoxy) is 6. The monoisotopic (exact) mass is 583 g/mol. The van der Waals surface area contributed by atoms with Crippen LogP contribution in [0.4, 0.5) is 5.69 Å². The fourth-order valence-corrected chi connectivity index (χ4v) is 4.44. The molecule has 0 aromatic heterocycles. The van der Waals surface area contributed by atoms with E-state index >= 15 is 0 Å². The minimum absolute atomic E-state index is 0.0861. The number of benzene rings is 3. The molecule has 0 spiro atoms. The summed E-state index contributed by atoms with van der Waals surface area (Å²) in [5.41, 5.74) is 2.95. The van der Waals surface area contributed by atoms with Gasteiger partial charge in [-0.25, -0.2) is 0 Å². The number of carbonyl (C=O) groups excluding carboxylic acids is 1. The lowest BCUT2D eigenvalue weighted by Crippen LogP contribution is -2.05. The van der Waals surface area contributed by atoms with E-state index in [4.69, 9.17) is 28.4 Å². The molecule has 0 aliphatic heterocycles. The van der Waals surface area contributed by atoms with Crippen molar-refractivity contribution in [2.24, 2.45) is 4.99 Å². The number of hydrogen-bond donors (Lipinski definition) is 0. The first-order chi connectivity index (χ1) is 18.4. The number of methoxy groups -OCH3 is 6. The largest absolute Gasteiger partial charge is 0.493 e. The van der Waals surface area contributed by atoms with Gasteiger partial charge in [-0.05, 0) is 57.4 Å². The van der Waals surface area contributed by atoms with Crippen molar-refractivity contribution < 1.29 is 33.2 Å². The first kappa shape index (κ1) is 28.6. The summed E-state index contributed by atoms with van der Waals surface area (Å²) in [5, 5.41) is 0. The molecule has 8 nitrogen and oxygen atoms in total. The van der Waals surface area contributed by atoms with Crippen LogP contribution in [-0.4, -0.2) is 54.7 Å². The van der Waals surface area contributed by atoms with E-state index in [9.17, 15) is 4.79 Å². The number of nitrogens with zero attached hydrogens (tertiary/aromatic N) is 1. The summed E-state index contributed by atoms with van der Waals surface area (Å²) in [4.78, 5) is 17.4. The molecule has 9 heteroatoms. The Morgan fingerprint density at radius 1 is 0.737 bits per heavy atom. The van der Waals surface area contributed by atoms with Crippen LogP contribution in [0.5, 0.6) is 34.5 Å². The lowest BCUT2D eigenvalue weighted by molar-refractivity contribution is 0.1000. The molecule has 0 unspecified atom stereocenters. The average Bonchev–Trinajstić information content (AvgIpc) is 2.95. The number of hydrogen-bond acceptors (Lipinski definition) is 8. The van der Waals surface area contributed by atoms with Crippen LogP contribution in [-0.2, 0) is 0 Å². The predicted molar refractivity (Wildman–Crippen MR) is 152 cm³/mol. The average molecular weight is 584 g/mol. The Kier molecular flexibility index (Phi) is 10.2. The van der Waals surface area contributed by atoms with Gasteiger partial charge >= 0.3 is 0 Å². The Balaban J connectivity index is 1.77.